The number of halogens is 4. The van der Waals surface area contributed by atoms with E-state index in [1.807, 2.05) is 0 Å². The van der Waals surface area contributed by atoms with Gasteiger partial charge in [-0.05, 0) is 49.7 Å². The molecule has 1 atom stereocenters. The van der Waals surface area contributed by atoms with Crippen molar-refractivity contribution in [2.75, 3.05) is 0 Å². The van der Waals surface area contributed by atoms with Crippen LogP contribution in [0, 0.1) is 5.82 Å². The monoisotopic (exact) mass is 433 g/mol. The molecule has 0 aliphatic rings. The topological polar surface area (TPSA) is 64.0 Å². The van der Waals surface area contributed by atoms with E-state index in [0.29, 0.717) is 0 Å². The second-order valence-corrected chi connectivity index (χ2v) is 7.15. The van der Waals surface area contributed by atoms with Gasteiger partial charge in [0.25, 0.3) is 11.5 Å². The maximum absolute atomic E-state index is 14.4. The minimum atomic E-state index is -4.53. The van der Waals surface area contributed by atoms with E-state index in [1.54, 1.807) is 13.8 Å². The predicted octanol–water partition coefficient (Wildman–Crippen LogP) is 4.50. The Bertz CT molecular complexity index is 1140. The molecule has 2 heterocycles. The van der Waals surface area contributed by atoms with Crippen LogP contribution in [0.3, 0.4) is 0 Å². The number of amides is 1. The molecule has 0 saturated carbocycles. The van der Waals surface area contributed by atoms with Crippen molar-refractivity contribution in [2.45, 2.75) is 32.1 Å². The number of hydrogen-bond donors (Lipinski definition) is 1. The van der Waals surface area contributed by atoms with Gasteiger partial charge in [-0.25, -0.2) is 4.39 Å². The van der Waals surface area contributed by atoms with Crippen molar-refractivity contribution in [3.8, 4) is 0 Å². The summed E-state index contributed by atoms with van der Waals surface area (Å²) in [6, 6.07) is 7.78. The molecule has 2 aromatic heterocycles. The smallest absolute Gasteiger partial charge is 0.339 e. The zero-order valence-electron chi connectivity index (χ0n) is 16.7. The number of nitrogens with one attached hydrogen (secondary N) is 1. The Kier molecular flexibility index (Phi) is 6.24. The van der Waals surface area contributed by atoms with Crippen LogP contribution in [-0.2, 0) is 6.18 Å². The van der Waals surface area contributed by atoms with Crippen LogP contribution in [0.25, 0.3) is 0 Å². The highest BCUT2D eigenvalue weighted by atomic mass is 19.4. The average Bonchev–Trinajstić information content (AvgIpc) is 2.72. The van der Waals surface area contributed by atoms with Gasteiger partial charge < -0.3 is 9.88 Å². The number of carbonyl (C=O) groups is 1. The number of carbonyl (C=O) groups excluding carboxylic acids is 1. The molecule has 0 aliphatic carbocycles. The molecule has 1 N–H and O–H groups in total. The lowest BCUT2D eigenvalue weighted by molar-refractivity contribution is -0.137. The Labute approximate surface area is 175 Å². The Morgan fingerprint density at radius 2 is 1.74 bits per heavy atom. The molecule has 0 aliphatic heterocycles. The van der Waals surface area contributed by atoms with Gasteiger partial charge in [0.2, 0.25) is 0 Å². The number of hydrogen-bond acceptors (Lipinski definition) is 3. The molecule has 0 fully saturated rings. The predicted molar refractivity (Wildman–Crippen MR) is 106 cm³/mol. The first-order valence-electron chi connectivity index (χ1n) is 9.38. The minimum absolute atomic E-state index is 0.140. The van der Waals surface area contributed by atoms with E-state index in [-0.39, 0.29) is 28.4 Å². The van der Waals surface area contributed by atoms with Crippen molar-refractivity contribution in [2.24, 2.45) is 0 Å². The molecule has 31 heavy (non-hydrogen) atoms. The summed E-state index contributed by atoms with van der Waals surface area (Å²) in [5, 5.41) is 2.61. The zero-order chi connectivity index (χ0) is 22.8. The lowest BCUT2D eigenvalue weighted by Crippen LogP contribution is -2.32. The summed E-state index contributed by atoms with van der Waals surface area (Å²) in [4.78, 5) is 28.8. The number of benzene rings is 1. The summed E-state index contributed by atoms with van der Waals surface area (Å²) in [6.07, 6.45) is -1.83. The maximum Gasteiger partial charge on any atom is 0.416 e. The van der Waals surface area contributed by atoms with Crippen molar-refractivity contribution in [3.05, 3.63) is 99.5 Å². The molecule has 1 amide bonds. The Hall–Kier alpha value is -3.49. The fourth-order valence-corrected chi connectivity index (χ4v) is 3.04. The summed E-state index contributed by atoms with van der Waals surface area (Å²) in [6.45, 7) is 3.55. The van der Waals surface area contributed by atoms with E-state index >= 15 is 0 Å². The Morgan fingerprint density at radius 1 is 1.06 bits per heavy atom. The number of nitrogens with zero attached hydrogens (tertiary/aromatic N) is 2. The van der Waals surface area contributed by atoms with Crippen LogP contribution in [0.1, 0.15) is 53.1 Å². The molecule has 3 aromatic rings. The van der Waals surface area contributed by atoms with Crippen LogP contribution in [0.4, 0.5) is 17.6 Å². The summed E-state index contributed by atoms with van der Waals surface area (Å²) < 4.78 is 54.5. The van der Waals surface area contributed by atoms with Crippen molar-refractivity contribution in [3.63, 3.8) is 0 Å². The van der Waals surface area contributed by atoms with Crippen LogP contribution in [0.5, 0.6) is 0 Å². The molecular formula is C22H19F4N3O2. The Balaban J connectivity index is 2.00. The lowest BCUT2D eigenvalue weighted by Gasteiger charge is -2.20. The van der Waals surface area contributed by atoms with E-state index in [0.717, 1.165) is 30.3 Å². The van der Waals surface area contributed by atoms with E-state index in [2.05, 4.69) is 10.3 Å². The molecule has 5 nitrogen and oxygen atoms in total. The SMILES string of the molecule is CC(C)n1cc(C(=O)NC(c2ccc(C(F)(F)F)cc2)c2ncccc2F)ccc1=O. The second kappa shape index (κ2) is 8.71. The van der Waals surface area contributed by atoms with E-state index in [1.165, 1.54) is 35.2 Å². The van der Waals surface area contributed by atoms with Gasteiger partial charge in [0, 0.05) is 24.5 Å². The largest absolute Gasteiger partial charge is 0.416 e. The van der Waals surface area contributed by atoms with Gasteiger partial charge in [-0.2, -0.15) is 13.2 Å². The summed E-state index contributed by atoms with van der Waals surface area (Å²) in [5.41, 5.74) is -0.945. The first kappa shape index (κ1) is 22.2. The fourth-order valence-electron chi connectivity index (χ4n) is 3.04. The molecule has 1 unspecified atom stereocenters. The van der Waals surface area contributed by atoms with E-state index in [4.69, 9.17) is 0 Å². The van der Waals surface area contributed by atoms with Gasteiger partial charge in [0.1, 0.15) is 11.5 Å². The minimum Gasteiger partial charge on any atom is -0.339 e. The van der Waals surface area contributed by atoms with Gasteiger partial charge in [0.15, 0.2) is 0 Å². The number of rotatable bonds is 5. The summed E-state index contributed by atoms with van der Waals surface area (Å²) >= 11 is 0. The lowest BCUT2D eigenvalue weighted by atomic mass is 10.0. The third-order valence-electron chi connectivity index (χ3n) is 4.66. The van der Waals surface area contributed by atoms with Crippen molar-refractivity contribution in [1.29, 1.82) is 0 Å². The van der Waals surface area contributed by atoms with Crippen LogP contribution in [0.15, 0.2) is 65.7 Å². The molecule has 9 heteroatoms. The molecular weight excluding hydrogens is 414 g/mol. The molecule has 0 spiro atoms. The van der Waals surface area contributed by atoms with Crippen LogP contribution in [-0.4, -0.2) is 15.5 Å². The standard InChI is InChI=1S/C22H19F4N3O2/c1-13(2)29-12-15(7-10-18(29)30)21(31)28-19(20-17(23)4-3-11-27-20)14-5-8-16(9-6-14)22(24,25)26/h3-13,19H,1-2H3,(H,28,31). The second-order valence-electron chi connectivity index (χ2n) is 7.15. The van der Waals surface area contributed by atoms with Gasteiger partial charge in [-0.15, -0.1) is 0 Å². The molecule has 0 radical (unpaired) electrons. The van der Waals surface area contributed by atoms with Crippen LogP contribution >= 0.6 is 0 Å². The first-order valence-corrected chi connectivity index (χ1v) is 9.38. The van der Waals surface area contributed by atoms with E-state index < -0.39 is 29.5 Å². The van der Waals surface area contributed by atoms with Gasteiger partial charge in [0.05, 0.1) is 17.2 Å². The maximum atomic E-state index is 14.4. The molecule has 3 rings (SSSR count). The fraction of sp³-hybridized carbons (Fsp3) is 0.227. The number of aromatic nitrogens is 2. The molecule has 162 valence electrons. The van der Waals surface area contributed by atoms with Gasteiger partial charge in [-0.3, -0.25) is 14.6 Å². The van der Waals surface area contributed by atoms with Crippen LogP contribution < -0.4 is 10.9 Å². The van der Waals surface area contributed by atoms with Crippen LogP contribution in [0.2, 0.25) is 0 Å². The number of pyridine rings is 2. The highest BCUT2D eigenvalue weighted by Gasteiger charge is 2.31. The van der Waals surface area contributed by atoms with Gasteiger partial charge >= 0.3 is 6.18 Å². The molecule has 0 saturated heterocycles. The Morgan fingerprint density at radius 3 is 2.32 bits per heavy atom. The van der Waals surface area contributed by atoms with Crippen molar-refractivity contribution in [1.82, 2.24) is 14.9 Å². The van der Waals surface area contributed by atoms with Crippen molar-refractivity contribution >= 4 is 5.91 Å². The van der Waals surface area contributed by atoms with Crippen molar-refractivity contribution < 1.29 is 22.4 Å². The quantitative estimate of drug-likeness (QED) is 0.603. The highest BCUT2D eigenvalue weighted by molar-refractivity contribution is 5.94. The zero-order valence-corrected chi connectivity index (χ0v) is 16.7. The third-order valence-corrected chi connectivity index (χ3v) is 4.66. The summed E-state index contributed by atoms with van der Waals surface area (Å²) in [5.74, 6) is -1.36. The molecule has 1 aromatic carbocycles. The average molecular weight is 433 g/mol. The highest BCUT2D eigenvalue weighted by Crippen LogP contribution is 2.31. The first-order chi connectivity index (χ1) is 14.6. The van der Waals surface area contributed by atoms with E-state index in [9.17, 15) is 27.2 Å². The molecule has 0 bridgehead atoms. The normalized spacial score (nSPS) is 12.6. The summed E-state index contributed by atoms with van der Waals surface area (Å²) in [7, 11) is 0. The third kappa shape index (κ3) is 4.99. The van der Waals surface area contributed by atoms with Gasteiger partial charge in [-0.1, -0.05) is 12.1 Å². The number of alkyl halides is 3.